The Morgan fingerprint density at radius 1 is 1.20 bits per heavy atom. The number of methoxy groups -OCH3 is 1. The van der Waals surface area contributed by atoms with Crippen LogP contribution < -0.4 is 15.4 Å². The number of fused-ring (bicyclic) bond motifs is 1. The molecule has 7 nitrogen and oxygen atoms in total. The summed E-state index contributed by atoms with van der Waals surface area (Å²) < 4.78 is 5.32. The van der Waals surface area contributed by atoms with Gasteiger partial charge in [0.05, 0.1) is 17.7 Å². The first kappa shape index (κ1) is 16.6. The number of hydrogen-bond donors (Lipinski definition) is 2. The molecular weight excluding hydrogens is 340 g/mol. The zero-order valence-corrected chi connectivity index (χ0v) is 14.0. The number of rotatable bonds is 4. The SMILES string of the molecule is COc1cccc2c(NC(=S)Nc3cccc([N+](=O)[O-])c3)ccnc12. The molecule has 126 valence electrons. The Bertz CT molecular complexity index is 962. The summed E-state index contributed by atoms with van der Waals surface area (Å²) in [6.07, 6.45) is 1.66. The minimum absolute atomic E-state index is 0.00750. The van der Waals surface area contributed by atoms with E-state index in [4.69, 9.17) is 17.0 Å². The van der Waals surface area contributed by atoms with Gasteiger partial charge in [0.25, 0.3) is 5.69 Å². The van der Waals surface area contributed by atoms with Crippen LogP contribution in [0.25, 0.3) is 10.9 Å². The lowest BCUT2D eigenvalue weighted by molar-refractivity contribution is -0.384. The molecule has 0 amide bonds. The monoisotopic (exact) mass is 354 g/mol. The molecule has 0 radical (unpaired) electrons. The van der Waals surface area contributed by atoms with Crippen molar-refractivity contribution in [3.63, 3.8) is 0 Å². The summed E-state index contributed by atoms with van der Waals surface area (Å²) in [6.45, 7) is 0. The number of aromatic nitrogens is 1. The largest absolute Gasteiger partial charge is 0.494 e. The summed E-state index contributed by atoms with van der Waals surface area (Å²) in [5, 5.41) is 18.0. The molecule has 8 heteroatoms. The molecule has 2 N–H and O–H groups in total. The van der Waals surface area contributed by atoms with Crippen molar-refractivity contribution < 1.29 is 9.66 Å². The fourth-order valence-electron chi connectivity index (χ4n) is 2.40. The van der Waals surface area contributed by atoms with Crippen LogP contribution in [-0.4, -0.2) is 22.1 Å². The number of hydrogen-bond acceptors (Lipinski definition) is 5. The predicted octanol–water partition coefficient (Wildman–Crippen LogP) is 3.96. The first-order valence-corrected chi connectivity index (χ1v) is 7.73. The summed E-state index contributed by atoms with van der Waals surface area (Å²) in [5.41, 5.74) is 1.99. The molecule has 1 aromatic heterocycles. The Kier molecular flexibility index (Phi) is 4.71. The van der Waals surface area contributed by atoms with Crippen molar-refractivity contribution in [1.29, 1.82) is 0 Å². The molecule has 0 atom stereocenters. The smallest absolute Gasteiger partial charge is 0.271 e. The predicted molar refractivity (Wildman–Crippen MR) is 101 cm³/mol. The summed E-state index contributed by atoms with van der Waals surface area (Å²) >= 11 is 5.31. The number of benzene rings is 2. The van der Waals surface area contributed by atoms with Gasteiger partial charge in [-0.05, 0) is 30.4 Å². The maximum atomic E-state index is 10.8. The number of nitro groups is 1. The van der Waals surface area contributed by atoms with Gasteiger partial charge in [-0.1, -0.05) is 18.2 Å². The van der Waals surface area contributed by atoms with Gasteiger partial charge in [0.15, 0.2) is 5.11 Å². The second-order valence-corrected chi connectivity index (χ2v) is 5.51. The molecule has 0 saturated carbocycles. The summed E-state index contributed by atoms with van der Waals surface area (Å²) in [4.78, 5) is 14.7. The molecule has 25 heavy (non-hydrogen) atoms. The molecular formula is C17H14N4O3S. The Morgan fingerprint density at radius 2 is 2.00 bits per heavy atom. The second kappa shape index (κ2) is 7.10. The normalized spacial score (nSPS) is 10.3. The van der Waals surface area contributed by atoms with Crippen LogP contribution in [0.5, 0.6) is 5.75 Å². The topological polar surface area (TPSA) is 89.3 Å². The summed E-state index contributed by atoms with van der Waals surface area (Å²) in [5.74, 6) is 0.665. The Balaban J connectivity index is 1.83. The van der Waals surface area contributed by atoms with E-state index in [1.165, 1.54) is 12.1 Å². The third kappa shape index (κ3) is 3.64. The van der Waals surface area contributed by atoms with Crippen molar-refractivity contribution in [3.8, 4) is 5.75 Å². The molecule has 0 aliphatic carbocycles. The van der Waals surface area contributed by atoms with E-state index in [0.717, 1.165) is 11.1 Å². The first-order valence-electron chi connectivity index (χ1n) is 7.32. The molecule has 1 heterocycles. The maximum absolute atomic E-state index is 10.8. The van der Waals surface area contributed by atoms with Gasteiger partial charge in [0.2, 0.25) is 0 Å². The highest BCUT2D eigenvalue weighted by molar-refractivity contribution is 7.80. The lowest BCUT2D eigenvalue weighted by atomic mass is 10.1. The number of para-hydroxylation sites is 1. The van der Waals surface area contributed by atoms with Crippen LogP contribution in [0.4, 0.5) is 17.1 Å². The van der Waals surface area contributed by atoms with E-state index in [9.17, 15) is 10.1 Å². The second-order valence-electron chi connectivity index (χ2n) is 5.10. The van der Waals surface area contributed by atoms with Gasteiger partial charge < -0.3 is 15.4 Å². The van der Waals surface area contributed by atoms with Gasteiger partial charge in [-0.3, -0.25) is 15.1 Å². The highest BCUT2D eigenvalue weighted by Crippen LogP contribution is 2.28. The van der Waals surface area contributed by atoms with Crippen LogP contribution in [0.15, 0.2) is 54.7 Å². The molecule has 0 spiro atoms. The van der Waals surface area contributed by atoms with E-state index >= 15 is 0 Å². The number of pyridine rings is 1. The van der Waals surface area contributed by atoms with Crippen molar-refractivity contribution in [3.05, 3.63) is 64.8 Å². The third-order valence-electron chi connectivity index (χ3n) is 3.52. The number of thiocarbonyl (C=S) groups is 1. The molecule has 0 saturated heterocycles. The van der Waals surface area contributed by atoms with Crippen LogP contribution in [0.3, 0.4) is 0 Å². The molecule has 0 bridgehead atoms. The number of non-ortho nitro benzene ring substituents is 1. The Hall–Kier alpha value is -3.26. The average Bonchev–Trinajstić information content (AvgIpc) is 2.61. The van der Waals surface area contributed by atoms with E-state index in [1.807, 2.05) is 18.2 Å². The van der Waals surface area contributed by atoms with Crippen LogP contribution in [0.2, 0.25) is 0 Å². The van der Waals surface area contributed by atoms with E-state index in [0.29, 0.717) is 22.1 Å². The molecule has 0 unspecified atom stereocenters. The van der Waals surface area contributed by atoms with Gasteiger partial charge in [0, 0.05) is 29.4 Å². The van der Waals surface area contributed by atoms with Crippen molar-refractivity contribution >= 4 is 45.3 Å². The lowest BCUT2D eigenvalue weighted by Gasteiger charge is -2.13. The van der Waals surface area contributed by atoms with E-state index in [1.54, 1.807) is 31.5 Å². The number of nitrogens with zero attached hydrogens (tertiary/aromatic N) is 2. The van der Waals surface area contributed by atoms with Crippen LogP contribution in [0, 0.1) is 10.1 Å². The van der Waals surface area contributed by atoms with Gasteiger partial charge in [-0.15, -0.1) is 0 Å². The molecule has 3 aromatic rings. The number of ether oxygens (including phenoxy) is 1. The minimum atomic E-state index is -0.454. The molecule has 0 aliphatic heterocycles. The Morgan fingerprint density at radius 3 is 2.76 bits per heavy atom. The molecule has 0 aliphatic rings. The summed E-state index contributed by atoms with van der Waals surface area (Å²) in [7, 11) is 1.59. The fourth-order valence-corrected chi connectivity index (χ4v) is 2.63. The third-order valence-corrected chi connectivity index (χ3v) is 3.72. The van der Waals surface area contributed by atoms with Crippen molar-refractivity contribution in [2.24, 2.45) is 0 Å². The van der Waals surface area contributed by atoms with Crippen LogP contribution in [-0.2, 0) is 0 Å². The van der Waals surface area contributed by atoms with E-state index in [2.05, 4.69) is 15.6 Å². The highest BCUT2D eigenvalue weighted by Gasteiger charge is 2.09. The van der Waals surface area contributed by atoms with Crippen LogP contribution >= 0.6 is 12.2 Å². The quantitative estimate of drug-likeness (QED) is 0.416. The van der Waals surface area contributed by atoms with Crippen molar-refractivity contribution in [2.45, 2.75) is 0 Å². The lowest BCUT2D eigenvalue weighted by Crippen LogP contribution is -2.19. The van der Waals surface area contributed by atoms with Crippen molar-refractivity contribution in [2.75, 3.05) is 17.7 Å². The summed E-state index contributed by atoms with van der Waals surface area (Å²) in [6, 6.07) is 13.5. The molecule has 2 aromatic carbocycles. The number of nitrogens with one attached hydrogen (secondary N) is 2. The van der Waals surface area contributed by atoms with Gasteiger partial charge in [0.1, 0.15) is 11.3 Å². The van der Waals surface area contributed by atoms with Gasteiger partial charge in [-0.2, -0.15) is 0 Å². The maximum Gasteiger partial charge on any atom is 0.271 e. The average molecular weight is 354 g/mol. The van der Waals surface area contributed by atoms with Crippen LogP contribution in [0.1, 0.15) is 0 Å². The number of nitro benzene ring substituents is 1. The standard InChI is InChI=1S/C17H14N4O3S/c1-24-15-7-3-6-13-14(8-9-18-16(13)15)20-17(25)19-11-4-2-5-12(10-11)21(22)23/h2-10H,1H3,(H2,18,19,20,25). The van der Waals surface area contributed by atoms with Gasteiger partial charge >= 0.3 is 0 Å². The Labute approximate surface area is 148 Å². The zero-order valence-electron chi connectivity index (χ0n) is 13.2. The van der Waals surface area contributed by atoms with E-state index < -0.39 is 4.92 Å². The first-order chi connectivity index (χ1) is 12.1. The molecule has 3 rings (SSSR count). The highest BCUT2D eigenvalue weighted by atomic mass is 32.1. The van der Waals surface area contributed by atoms with Crippen molar-refractivity contribution in [1.82, 2.24) is 4.98 Å². The minimum Gasteiger partial charge on any atom is -0.494 e. The zero-order chi connectivity index (χ0) is 17.8. The number of anilines is 2. The molecule has 0 fully saturated rings. The fraction of sp³-hybridized carbons (Fsp3) is 0.0588. The van der Waals surface area contributed by atoms with E-state index in [-0.39, 0.29) is 5.69 Å². The van der Waals surface area contributed by atoms with Gasteiger partial charge in [-0.25, -0.2) is 0 Å².